The van der Waals surface area contributed by atoms with Gasteiger partial charge in [0.25, 0.3) is 0 Å². The smallest absolute Gasteiger partial charge is 0.330 e. The van der Waals surface area contributed by atoms with E-state index in [1.165, 1.54) is 13.2 Å². The van der Waals surface area contributed by atoms with Crippen LogP contribution >= 0.6 is 27.5 Å². The number of carbonyl (C=O) groups is 1. The molecule has 19 heavy (non-hydrogen) atoms. The van der Waals surface area contributed by atoms with Crippen molar-refractivity contribution in [2.45, 2.75) is 0 Å². The Morgan fingerprint density at radius 1 is 1.37 bits per heavy atom. The number of ether oxygens (including phenoxy) is 1. The summed E-state index contributed by atoms with van der Waals surface area (Å²) in [5.41, 5.74) is 0.867. The van der Waals surface area contributed by atoms with E-state index in [1.807, 2.05) is 18.2 Å². The van der Waals surface area contributed by atoms with Crippen LogP contribution in [0.2, 0.25) is 5.02 Å². The van der Waals surface area contributed by atoms with Gasteiger partial charge in [-0.3, -0.25) is 0 Å². The predicted octanol–water partition coefficient (Wildman–Crippen LogP) is 4.55. The minimum absolute atomic E-state index is 0.426. The second kappa shape index (κ2) is 6.08. The van der Waals surface area contributed by atoms with Crippen molar-refractivity contribution in [2.75, 3.05) is 7.11 Å². The topological polar surface area (TPSA) is 39.4 Å². The van der Waals surface area contributed by atoms with Crippen molar-refractivity contribution in [3.63, 3.8) is 0 Å². The summed E-state index contributed by atoms with van der Waals surface area (Å²) in [6, 6.07) is 9.13. The van der Waals surface area contributed by atoms with E-state index in [0.717, 1.165) is 10.0 Å². The molecule has 0 amide bonds. The molecule has 0 saturated carbocycles. The Balaban J connectivity index is 2.23. The van der Waals surface area contributed by atoms with Crippen LogP contribution in [0.4, 0.5) is 0 Å². The Labute approximate surface area is 123 Å². The molecule has 2 rings (SSSR count). The van der Waals surface area contributed by atoms with Crippen LogP contribution in [0, 0.1) is 0 Å². The monoisotopic (exact) mass is 340 g/mol. The van der Waals surface area contributed by atoms with Crippen molar-refractivity contribution in [3.8, 4) is 11.3 Å². The SMILES string of the molecule is COC(=O)/C=C/c1ccc(-c2ccc(Br)c(Cl)c2)o1. The zero-order chi connectivity index (χ0) is 13.8. The van der Waals surface area contributed by atoms with Crippen LogP contribution in [0.3, 0.4) is 0 Å². The minimum Gasteiger partial charge on any atom is -0.466 e. The number of esters is 1. The van der Waals surface area contributed by atoms with Crippen LogP contribution in [-0.4, -0.2) is 13.1 Å². The van der Waals surface area contributed by atoms with E-state index in [9.17, 15) is 4.79 Å². The van der Waals surface area contributed by atoms with Crippen LogP contribution in [-0.2, 0) is 9.53 Å². The number of hydrogen-bond acceptors (Lipinski definition) is 3. The highest BCUT2D eigenvalue weighted by Gasteiger charge is 2.06. The first-order valence-corrected chi connectivity index (χ1v) is 6.58. The van der Waals surface area contributed by atoms with Crippen LogP contribution in [0.1, 0.15) is 5.76 Å². The highest BCUT2D eigenvalue weighted by Crippen LogP contribution is 2.30. The second-order valence-corrected chi connectivity index (χ2v) is 4.95. The molecule has 3 nitrogen and oxygen atoms in total. The number of hydrogen-bond donors (Lipinski definition) is 0. The third kappa shape index (κ3) is 3.49. The molecule has 98 valence electrons. The molecular weight excluding hydrogens is 332 g/mol. The lowest BCUT2D eigenvalue weighted by Gasteiger charge is -1.99. The molecule has 0 aliphatic carbocycles. The van der Waals surface area contributed by atoms with E-state index in [0.29, 0.717) is 16.5 Å². The zero-order valence-corrected chi connectivity index (χ0v) is 12.4. The summed E-state index contributed by atoms with van der Waals surface area (Å²) in [6.45, 7) is 0. The molecule has 2 aromatic rings. The summed E-state index contributed by atoms with van der Waals surface area (Å²) in [5.74, 6) is 0.822. The Kier molecular flexibility index (Phi) is 4.45. The van der Waals surface area contributed by atoms with E-state index < -0.39 is 5.97 Å². The van der Waals surface area contributed by atoms with Gasteiger partial charge in [-0.15, -0.1) is 0 Å². The quantitative estimate of drug-likeness (QED) is 0.607. The van der Waals surface area contributed by atoms with Crippen LogP contribution in [0.5, 0.6) is 0 Å². The van der Waals surface area contributed by atoms with E-state index >= 15 is 0 Å². The van der Waals surface area contributed by atoms with Crippen LogP contribution in [0.15, 0.2) is 45.3 Å². The Hall–Kier alpha value is -1.52. The van der Waals surface area contributed by atoms with Gasteiger partial charge >= 0.3 is 5.97 Å². The van der Waals surface area contributed by atoms with Crippen molar-refractivity contribution in [3.05, 3.63) is 51.7 Å². The number of benzene rings is 1. The molecule has 0 saturated heterocycles. The molecule has 0 N–H and O–H groups in total. The number of carbonyl (C=O) groups excluding carboxylic acids is 1. The van der Waals surface area contributed by atoms with Gasteiger partial charge in [0.1, 0.15) is 11.5 Å². The van der Waals surface area contributed by atoms with Crippen molar-refractivity contribution >= 4 is 39.6 Å². The standard InChI is InChI=1S/C14H10BrClO3/c1-18-14(17)7-4-10-3-6-13(19-10)9-2-5-11(15)12(16)8-9/h2-8H,1H3/b7-4+. The van der Waals surface area contributed by atoms with Crippen molar-refractivity contribution in [1.29, 1.82) is 0 Å². The van der Waals surface area contributed by atoms with E-state index in [2.05, 4.69) is 20.7 Å². The van der Waals surface area contributed by atoms with Gasteiger partial charge in [0.2, 0.25) is 0 Å². The van der Waals surface area contributed by atoms with Gasteiger partial charge in [0, 0.05) is 16.1 Å². The van der Waals surface area contributed by atoms with Gasteiger partial charge < -0.3 is 9.15 Å². The fourth-order valence-electron chi connectivity index (χ4n) is 1.47. The Morgan fingerprint density at radius 2 is 2.16 bits per heavy atom. The summed E-state index contributed by atoms with van der Waals surface area (Å²) in [6.07, 6.45) is 2.85. The molecule has 0 atom stereocenters. The zero-order valence-electron chi connectivity index (χ0n) is 10.0. The van der Waals surface area contributed by atoms with E-state index in [4.69, 9.17) is 16.0 Å². The van der Waals surface area contributed by atoms with Gasteiger partial charge in [0.05, 0.1) is 12.1 Å². The Bertz CT molecular complexity index is 631. The molecule has 1 aromatic heterocycles. The fourth-order valence-corrected chi connectivity index (χ4v) is 1.89. The first kappa shape index (κ1) is 13.9. The fraction of sp³-hybridized carbons (Fsp3) is 0.0714. The summed E-state index contributed by atoms with van der Waals surface area (Å²) >= 11 is 9.36. The van der Waals surface area contributed by atoms with Crippen molar-refractivity contribution < 1.29 is 13.9 Å². The summed E-state index contributed by atoms with van der Waals surface area (Å²) in [5, 5.41) is 0.612. The highest BCUT2D eigenvalue weighted by molar-refractivity contribution is 9.10. The van der Waals surface area contributed by atoms with Gasteiger partial charge in [0.15, 0.2) is 0 Å². The maximum absolute atomic E-state index is 11.0. The first-order chi connectivity index (χ1) is 9.10. The lowest BCUT2D eigenvalue weighted by molar-refractivity contribution is -0.134. The maximum atomic E-state index is 11.0. The van der Waals surface area contributed by atoms with E-state index in [-0.39, 0.29) is 0 Å². The van der Waals surface area contributed by atoms with E-state index in [1.54, 1.807) is 18.2 Å². The highest BCUT2D eigenvalue weighted by atomic mass is 79.9. The number of furan rings is 1. The second-order valence-electron chi connectivity index (χ2n) is 3.69. The molecule has 5 heteroatoms. The molecule has 0 spiro atoms. The third-order valence-corrected chi connectivity index (χ3v) is 3.65. The largest absolute Gasteiger partial charge is 0.466 e. The first-order valence-electron chi connectivity index (χ1n) is 5.41. The number of methoxy groups -OCH3 is 1. The van der Waals surface area contributed by atoms with Gasteiger partial charge in [-0.05, 0) is 46.3 Å². The van der Waals surface area contributed by atoms with Crippen LogP contribution in [0.25, 0.3) is 17.4 Å². The van der Waals surface area contributed by atoms with Gasteiger partial charge in [-0.25, -0.2) is 4.79 Å². The minimum atomic E-state index is -0.426. The lowest BCUT2D eigenvalue weighted by atomic mass is 10.2. The van der Waals surface area contributed by atoms with Gasteiger partial charge in [-0.2, -0.15) is 0 Å². The summed E-state index contributed by atoms with van der Waals surface area (Å²) in [4.78, 5) is 11.0. The molecule has 0 fully saturated rings. The average Bonchev–Trinajstić information content (AvgIpc) is 2.88. The maximum Gasteiger partial charge on any atom is 0.330 e. The molecule has 0 aliphatic rings. The molecule has 1 heterocycles. The van der Waals surface area contributed by atoms with Gasteiger partial charge in [-0.1, -0.05) is 17.7 Å². The molecule has 0 aliphatic heterocycles. The van der Waals surface area contributed by atoms with Crippen molar-refractivity contribution in [1.82, 2.24) is 0 Å². The Morgan fingerprint density at radius 3 is 2.84 bits per heavy atom. The summed E-state index contributed by atoms with van der Waals surface area (Å²) in [7, 11) is 1.32. The summed E-state index contributed by atoms with van der Waals surface area (Å²) < 4.78 is 10.9. The lowest BCUT2D eigenvalue weighted by Crippen LogP contribution is -1.92. The molecular formula is C14H10BrClO3. The number of rotatable bonds is 3. The third-order valence-electron chi connectivity index (χ3n) is 2.42. The molecule has 1 aromatic carbocycles. The van der Waals surface area contributed by atoms with Crippen molar-refractivity contribution in [2.24, 2.45) is 0 Å². The average molecular weight is 342 g/mol. The van der Waals surface area contributed by atoms with Crippen LogP contribution < -0.4 is 0 Å². The molecule has 0 unspecified atom stereocenters. The molecule has 0 bridgehead atoms. The predicted molar refractivity (Wildman–Crippen MR) is 77.9 cm³/mol. The molecule has 0 radical (unpaired) electrons. The number of halogens is 2. The normalized spacial score (nSPS) is 10.9.